The number of nitrogens with two attached hydrogens (primary N) is 2. The fourth-order valence-electron chi connectivity index (χ4n) is 2.83. The van der Waals surface area contributed by atoms with E-state index in [0.29, 0.717) is 5.95 Å². The average molecular weight is 233 g/mol. The Hall–Kier alpha value is -1.36. The molecule has 2 aliphatic rings. The summed E-state index contributed by atoms with van der Waals surface area (Å²) in [5.41, 5.74) is 14.2. The summed E-state index contributed by atoms with van der Waals surface area (Å²) in [6.45, 7) is 1.88. The van der Waals surface area contributed by atoms with Crippen LogP contribution in [0.3, 0.4) is 0 Å². The number of fused-ring (bicyclic) bond motifs is 1. The average Bonchev–Trinajstić information content (AvgIpc) is 2.74. The molecule has 0 radical (unpaired) electrons. The van der Waals surface area contributed by atoms with Crippen LogP contribution < -0.4 is 16.4 Å². The molecule has 1 aliphatic carbocycles. The fourth-order valence-corrected chi connectivity index (χ4v) is 2.83. The normalized spacial score (nSPS) is 23.8. The van der Waals surface area contributed by atoms with Gasteiger partial charge in [0, 0.05) is 24.7 Å². The minimum Gasteiger partial charge on any atom is -0.368 e. The van der Waals surface area contributed by atoms with Crippen LogP contribution >= 0.6 is 0 Å². The Balaban J connectivity index is 2.00. The molecule has 17 heavy (non-hydrogen) atoms. The molecule has 0 saturated carbocycles. The van der Waals surface area contributed by atoms with Crippen LogP contribution in [-0.2, 0) is 12.8 Å². The van der Waals surface area contributed by atoms with Gasteiger partial charge in [-0.15, -0.1) is 0 Å². The molecule has 1 aromatic rings. The van der Waals surface area contributed by atoms with Gasteiger partial charge in [-0.1, -0.05) is 0 Å². The van der Waals surface area contributed by atoms with Crippen LogP contribution in [0.4, 0.5) is 11.8 Å². The molecule has 0 amide bonds. The Morgan fingerprint density at radius 3 is 2.76 bits per heavy atom. The van der Waals surface area contributed by atoms with E-state index in [-0.39, 0.29) is 6.04 Å². The molecule has 1 fully saturated rings. The Morgan fingerprint density at radius 1 is 1.18 bits per heavy atom. The number of nitrogen functional groups attached to an aromatic ring is 1. The molecule has 1 atom stereocenters. The zero-order valence-electron chi connectivity index (χ0n) is 10.0. The second-order valence-electron chi connectivity index (χ2n) is 5.03. The maximum atomic E-state index is 5.96. The van der Waals surface area contributed by atoms with E-state index in [9.17, 15) is 0 Å². The molecule has 1 saturated heterocycles. The van der Waals surface area contributed by atoms with Gasteiger partial charge in [0.2, 0.25) is 5.95 Å². The molecule has 2 heterocycles. The number of aryl methyl sites for hydroxylation is 1. The monoisotopic (exact) mass is 233 g/mol. The number of anilines is 2. The van der Waals surface area contributed by atoms with Gasteiger partial charge >= 0.3 is 0 Å². The zero-order chi connectivity index (χ0) is 11.8. The summed E-state index contributed by atoms with van der Waals surface area (Å²) in [5.74, 6) is 1.45. The lowest BCUT2D eigenvalue weighted by Gasteiger charge is -2.24. The third-order valence-corrected chi connectivity index (χ3v) is 3.70. The molecule has 92 valence electrons. The minimum atomic E-state index is 0.269. The van der Waals surface area contributed by atoms with E-state index in [1.165, 1.54) is 18.4 Å². The molecule has 0 bridgehead atoms. The van der Waals surface area contributed by atoms with Crippen LogP contribution in [-0.4, -0.2) is 29.1 Å². The van der Waals surface area contributed by atoms with Crippen molar-refractivity contribution >= 4 is 11.8 Å². The molecule has 5 nitrogen and oxygen atoms in total. The molecule has 4 N–H and O–H groups in total. The van der Waals surface area contributed by atoms with Gasteiger partial charge in [-0.25, -0.2) is 4.98 Å². The molecule has 1 aromatic heterocycles. The highest BCUT2D eigenvalue weighted by atomic mass is 15.2. The number of hydrogen-bond donors (Lipinski definition) is 2. The maximum absolute atomic E-state index is 5.96. The van der Waals surface area contributed by atoms with E-state index < -0.39 is 0 Å². The summed E-state index contributed by atoms with van der Waals surface area (Å²) in [5, 5.41) is 0. The number of aromatic nitrogens is 2. The fraction of sp³-hybridized carbons (Fsp3) is 0.667. The third kappa shape index (κ3) is 1.95. The van der Waals surface area contributed by atoms with Crippen LogP contribution in [0.25, 0.3) is 0 Å². The highest BCUT2D eigenvalue weighted by molar-refractivity contribution is 5.53. The van der Waals surface area contributed by atoms with E-state index in [1.54, 1.807) is 0 Å². The Bertz CT molecular complexity index is 431. The van der Waals surface area contributed by atoms with Crippen LogP contribution in [0, 0.1) is 0 Å². The molecule has 1 aliphatic heterocycles. The standard InChI is InChI=1S/C12H19N5/c13-8-5-6-17(7-8)11-9-3-1-2-4-10(9)15-12(14)16-11/h8H,1-7,13H2,(H2,14,15,16)/t8-/m1/s1. The van der Waals surface area contributed by atoms with Crippen molar-refractivity contribution in [1.82, 2.24) is 9.97 Å². The number of nitrogens with zero attached hydrogens (tertiary/aromatic N) is 3. The van der Waals surface area contributed by atoms with Crippen molar-refractivity contribution in [3.63, 3.8) is 0 Å². The van der Waals surface area contributed by atoms with E-state index in [1.807, 2.05) is 0 Å². The van der Waals surface area contributed by atoms with E-state index >= 15 is 0 Å². The van der Waals surface area contributed by atoms with Crippen molar-refractivity contribution in [2.24, 2.45) is 5.73 Å². The summed E-state index contributed by atoms with van der Waals surface area (Å²) < 4.78 is 0. The predicted octanol–water partition coefficient (Wildman–Crippen LogP) is 0.475. The summed E-state index contributed by atoms with van der Waals surface area (Å²) in [4.78, 5) is 11.1. The van der Waals surface area contributed by atoms with Crippen LogP contribution in [0.5, 0.6) is 0 Å². The van der Waals surface area contributed by atoms with Crippen molar-refractivity contribution in [2.75, 3.05) is 23.7 Å². The third-order valence-electron chi connectivity index (χ3n) is 3.70. The second-order valence-corrected chi connectivity index (χ2v) is 5.03. The molecule has 0 spiro atoms. The van der Waals surface area contributed by atoms with Gasteiger partial charge in [0.1, 0.15) is 5.82 Å². The Labute approximate surface area is 101 Å². The summed E-state index contributed by atoms with van der Waals surface area (Å²) in [6, 6.07) is 0.269. The van der Waals surface area contributed by atoms with Crippen molar-refractivity contribution in [2.45, 2.75) is 38.1 Å². The summed E-state index contributed by atoms with van der Waals surface area (Å²) in [6.07, 6.45) is 5.60. The maximum Gasteiger partial charge on any atom is 0.222 e. The van der Waals surface area contributed by atoms with E-state index in [4.69, 9.17) is 11.5 Å². The molecule has 0 unspecified atom stereocenters. The smallest absolute Gasteiger partial charge is 0.222 e. The quantitative estimate of drug-likeness (QED) is 0.737. The zero-order valence-corrected chi connectivity index (χ0v) is 10.0. The van der Waals surface area contributed by atoms with Crippen LogP contribution in [0.2, 0.25) is 0 Å². The SMILES string of the molecule is Nc1nc2c(c(N3CC[C@@H](N)C3)n1)CCCC2. The van der Waals surface area contributed by atoms with Crippen molar-refractivity contribution in [1.29, 1.82) is 0 Å². The van der Waals surface area contributed by atoms with Gasteiger partial charge in [-0.2, -0.15) is 4.98 Å². The molecular formula is C12H19N5. The highest BCUT2D eigenvalue weighted by Gasteiger charge is 2.25. The second kappa shape index (κ2) is 4.14. The molecular weight excluding hydrogens is 214 g/mol. The van der Waals surface area contributed by atoms with E-state index in [2.05, 4.69) is 14.9 Å². The van der Waals surface area contributed by atoms with Gasteiger partial charge in [-0.3, -0.25) is 0 Å². The van der Waals surface area contributed by atoms with Gasteiger partial charge in [0.15, 0.2) is 0 Å². The minimum absolute atomic E-state index is 0.269. The first-order valence-corrected chi connectivity index (χ1v) is 6.40. The van der Waals surface area contributed by atoms with Gasteiger partial charge in [-0.05, 0) is 32.1 Å². The van der Waals surface area contributed by atoms with E-state index in [0.717, 1.165) is 43.9 Å². The number of hydrogen-bond acceptors (Lipinski definition) is 5. The Kier molecular flexibility index (Phi) is 2.63. The number of rotatable bonds is 1. The van der Waals surface area contributed by atoms with Gasteiger partial charge in [0.25, 0.3) is 0 Å². The largest absolute Gasteiger partial charge is 0.368 e. The molecule has 3 rings (SSSR count). The highest BCUT2D eigenvalue weighted by Crippen LogP contribution is 2.30. The first kappa shape index (κ1) is 10.8. The van der Waals surface area contributed by atoms with Crippen LogP contribution in [0.15, 0.2) is 0 Å². The van der Waals surface area contributed by atoms with Crippen molar-refractivity contribution in [3.05, 3.63) is 11.3 Å². The lowest BCUT2D eigenvalue weighted by atomic mass is 9.96. The molecule has 5 heteroatoms. The van der Waals surface area contributed by atoms with Gasteiger partial charge in [0.05, 0.1) is 5.69 Å². The first-order chi connectivity index (χ1) is 8.24. The summed E-state index contributed by atoms with van der Waals surface area (Å²) >= 11 is 0. The summed E-state index contributed by atoms with van der Waals surface area (Å²) in [7, 11) is 0. The van der Waals surface area contributed by atoms with Crippen molar-refractivity contribution < 1.29 is 0 Å². The van der Waals surface area contributed by atoms with Crippen molar-refractivity contribution in [3.8, 4) is 0 Å². The topological polar surface area (TPSA) is 81.1 Å². The first-order valence-electron chi connectivity index (χ1n) is 6.40. The lowest BCUT2D eigenvalue weighted by molar-refractivity contribution is 0.660. The Morgan fingerprint density at radius 2 is 2.00 bits per heavy atom. The van der Waals surface area contributed by atoms with Crippen LogP contribution in [0.1, 0.15) is 30.5 Å². The predicted molar refractivity (Wildman–Crippen MR) is 67.9 cm³/mol. The molecule has 0 aromatic carbocycles. The lowest BCUT2D eigenvalue weighted by Crippen LogP contribution is -2.29. The van der Waals surface area contributed by atoms with Gasteiger partial charge < -0.3 is 16.4 Å².